The average Bonchev–Trinajstić information content (AvgIpc) is 2.69. The van der Waals surface area contributed by atoms with Crippen LogP contribution >= 0.6 is 0 Å². The Kier molecular flexibility index (Phi) is 7.27. The summed E-state index contributed by atoms with van der Waals surface area (Å²) in [5.41, 5.74) is 0.337. The zero-order valence-corrected chi connectivity index (χ0v) is 17.6. The molecule has 2 heterocycles. The predicted molar refractivity (Wildman–Crippen MR) is 114 cm³/mol. The van der Waals surface area contributed by atoms with E-state index in [1.54, 1.807) is 12.3 Å². The van der Waals surface area contributed by atoms with Gasteiger partial charge in [-0.05, 0) is 51.4 Å². The lowest BCUT2D eigenvalue weighted by Gasteiger charge is -2.36. The summed E-state index contributed by atoms with van der Waals surface area (Å²) < 4.78 is 0. The number of nitrogens with zero attached hydrogens (tertiary/aromatic N) is 2. The fourth-order valence-electron chi connectivity index (χ4n) is 4.28. The van der Waals surface area contributed by atoms with Gasteiger partial charge in [0.25, 0.3) is 0 Å². The van der Waals surface area contributed by atoms with E-state index in [1.807, 2.05) is 6.07 Å². The number of carbonyl (C=O) groups excluding carboxylic acids is 2. The first-order valence-corrected chi connectivity index (χ1v) is 10.7. The van der Waals surface area contributed by atoms with Crippen LogP contribution in [0, 0.1) is 11.8 Å². The molecule has 0 radical (unpaired) electrons. The second kappa shape index (κ2) is 9.89. The summed E-state index contributed by atoms with van der Waals surface area (Å²) in [4.78, 5) is 30.5. The summed E-state index contributed by atoms with van der Waals surface area (Å²) in [6.45, 7) is 2.53. The highest BCUT2D eigenvalue weighted by atomic mass is 16.2. The van der Waals surface area contributed by atoms with Crippen LogP contribution in [0.5, 0.6) is 0 Å². The van der Waals surface area contributed by atoms with Crippen molar-refractivity contribution in [1.82, 2.24) is 15.2 Å². The van der Waals surface area contributed by atoms with Crippen molar-refractivity contribution in [3.8, 4) is 11.8 Å². The van der Waals surface area contributed by atoms with Crippen LogP contribution in [0.2, 0.25) is 0 Å². The first kappa shape index (κ1) is 21.3. The van der Waals surface area contributed by atoms with E-state index < -0.39 is 5.54 Å². The SMILES string of the molecule is CC(=O)Nc1ccc(C#CC2(NC(=O)CC3CCCCN3C)CCCCC2)cn1. The van der Waals surface area contributed by atoms with Crippen molar-refractivity contribution >= 4 is 17.6 Å². The third kappa shape index (κ3) is 6.30. The van der Waals surface area contributed by atoms with Gasteiger partial charge in [-0.2, -0.15) is 0 Å². The number of carbonyl (C=O) groups is 2. The van der Waals surface area contributed by atoms with Gasteiger partial charge in [0.1, 0.15) is 11.4 Å². The van der Waals surface area contributed by atoms with Gasteiger partial charge in [0.2, 0.25) is 11.8 Å². The predicted octanol–water partition coefficient (Wildman–Crippen LogP) is 3.09. The number of hydrogen-bond acceptors (Lipinski definition) is 4. The van der Waals surface area contributed by atoms with Gasteiger partial charge in [-0.25, -0.2) is 4.98 Å². The van der Waals surface area contributed by atoms with Gasteiger partial charge < -0.3 is 15.5 Å². The molecule has 0 aromatic carbocycles. The second-order valence-corrected chi connectivity index (χ2v) is 8.39. The number of nitrogens with one attached hydrogen (secondary N) is 2. The molecule has 1 aromatic heterocycles. The van der Waals surface area contributed by atoms with Gasteiger partial charge in [0, 0.05) is 31.1 Å². The van der Waals surface area contributed by atoms with Crippen LogP contribution in [0.15, 0.2) is 18.3 Å². The summed E-state index contributed by atoms with van der Waals surface area (Å²) in [6, 6.07) is 3.93. The Morgan fingerprint density at radius 2 is 2.00 bits per heavy atom. The number of hydrogen-bond donors (Lipinski definition) is 2. The fraction of sp³-hybridized carbons (Fsp3) is 0.609. The Morgan fingerprint density at radius 3 is 2.66 bits per heavy atom. The van der Waals surface area contributed by atoms with E-state index in [9.17, 15) is 9.59 Å². The van der Waals surface area contributed by atoms with E-state index in [2.05, 4.69) is 39.4 Å². The Bertz CT molecular complexity index is 772. The third-order valence-corrected chi connectivity index (χ3v) is 5.94. The molecule has 1 unspecified atom stereocenters. The monoisotopic (exact) mass is 396 g/mol. The molecule has 1 saturated carbocycles. The molecule has 2 N–H and O–H groups in total. The highest BCUT2D eigenvalue weighted by Crippen LogP contribution is 2.28. The van der Waals surface area contributed by atoms with Crippen LogP contribution in [0.4, 0.5) is 5.82 Å². The number of piperidine rings is 1. The molecule has 1 aliphatic heterocycles. The lowest BCUT2D eigenvalue weighted by atomic mass is 9.81. The fourth-order valence-corrected chi connectivity index (χ4v) is 4.28. The maximum absolute atomic E-state index is 12.8. The molecule has 6 nitrogen and oxygen atoms in total. The van der Waals surface area contributed by atoms with Gasteiger partial charge in [-0.1, -0.05) is 37.5 Å². The minimum absolute atomic E-state index is 0.110. The van der Waals surface area contributed by atoms with Crippen molar-refractivity contribution in [2.45, 2.75) is 76.3 Å². The summed E-state index contributed by atoms with van der Waals surface area (Å²) >= 11 is 0. The molecule has 156 valence electrons. The zero-order chi connectivity index (χ0) is 20.7. The normalized spacial score (nSPS) is 21.5. The summed E-state index contributed by atoms with van der Waals surface area (Å²) in [5, 5.41) is 5.95. The first-order valence-electron chi connectivity index (χ1n) is 10.7. The molecule has 2 aliphatic rings. The van der Waals surface area contributed by atoms with Gasteiger partial charge in [0.05, 0.1) is 0 Å². The smallest absolute Gasteiger partial charge is 0.222 e. The third-order valence-electron chi connectivity index (χ3n) is 5.94. The van der Waals surface area contributed by atoms with Crippen molar-refractivity contribution in [3.63, 3.8) is 0 Å². The molecule has 1 aliphatic carbocycles. The van der Waals surface area contributed by atoms with Crippen LogP contribution in [0.1, 0.15) is 70.3 Å². The topological polar surface area (TPSA) is 74.3 Å². The molecule has 3 rings (SSSR count). The highest BCUT2D eigenvalue weighted by Gasteiger charge is 2.33. The van der Waals surface area contributed by atoms with Crippen molar-refractivity contribution in [1.29, 1.82) is 0 Å². The van der Waals surface area contributed by atoms with Crippen LogP contribution in [-0.2, 0) is 9.59 Å². The lowest BCUT2D eigenvalue weighted by Crippen LogP contribution is -2.50. The van der Waals surface area contributed by atoms with Gasteiger partial charge >= 0.3 is 0 Å². The molecular weight excluding hydrogens is 364 g/mol. The van der Waals surface area contributed by atoms with Crippen LogP contribution in [0.25, 0.3) is 0 Å². The Balaban J connectivity index is 1.68. The van der Waals surface area contributed by atoms with Crippen LogP contribution < -0.4 is 10.6 Å². The van der Waals surface area contributed by atoms with Crippen LogP contribution in [0.3, 0.4) is 0 Å². The number of pyridine rings is 1. The van der Waals surface area contributed by atoms with E-state index in [0.717, 1.165) is 44.2 Å². The molecular formula is C23H32N4O2. The molecule has 1 saturated heterocycles. The molecule has 29 heavy (non-hydrogen) atoms. The number of amides is 2. The second-order valence-electron chi connectivity index (χ2n) is 8.39. The number of aromatic nitrogens is 1. The molecule has 2 fully saturated rings. The number of anilines is 1. The molecule has 1 aromatic rings. The summed E-state index contributed by atoms with van der Waals surface area (Å²) in [5.74, 6) is 7.05. The van der Waals surface area contributed by atoms with E-state index >= 15 is 0 Å². The van der Waals surface area contributed by atoms with Gasteiger partial charge in [0.15, 0.2) is 0 Å². The average molecular weight is 397 g/mol. The first-order chi connectivity index (χ1) is 14.0. The summed E-state index contributed by atoms with van der Waals surface area (Å²) in [7, 11) is 2.12. The number of likely N-dealkylation sites (tertiary alicyclic amines) is 1. The zero-order valence-electron chi connectivity index (χ0n) is 17.6. The van der Waals surface area contributed by atoms with E-state index in [4.69, 9.17) is 0 Å². The summed E-state index contributed by atoms with van der Waals surface area (Å²) in [6.07, 6.45) is 10.9. The van der Waals surface area contributed by atoms with Gasteiger partial charge in [-0.3, -0.25) is 9.59 Å². The standard InChI is InChI=1S/C23H32N4O2/c1-18(28)25-21-10-9-19(17-24-21)11-14-23(12-5-3-6-13-23)26-22(29)16-20-8-4-7-15-27(20)2/h9-10,17,20H,3-8,12-13,15-16H2,1-2H3,(H,26,29)(H,24,25,28). The minimum atomic E-state index is -0.446. The Hall–Kier alpha value is -2.39. The molecule has 0 spiro atoms. The van der Waals surface area contributed by atoms with Crippen LogP contribution in [-0.4, -0.2) is 46.9 Å². The largest absolute Gasteiger partial charge is 0.340 e. The molecule has 1 atom stereocenters. The Morgan fingerprint density at radius 1 is 1.21 bits per heavy atom. The quantitative estimate of drug-likeness (QED) is 0.767. The molecule has 2 amide bonds. The molecule has 0 bridgehead atoms. The van der Waals surface area contributed by atoms with Crippen molar-refractivity contribution in [3.05, 3.63) is 23.9 Å². The Labute approximate surface area is 173 Å². The number of rotatable bonds is 4. The van der Waals surface area contributed by atoms with E-state index in [1.165, 1.54) is 26.2 Å². The van der Waals surface area contributed by atoms with Crippen molar-refractivity contribution in [2.24, 2.45) is 0 Å². The van der Waals surface area contributed by atoms with Crippen molar-refractivity contribution < 1.29 is 9.59 Å². The maximum Gasteiger partial charge on any atom is 0.222 e. The minimum Gasteiger partial charge on any atom is -0.340 e. The van der Waals surface area contributed by atoms with Gasteiger partial charge in [-0.15, -0.1) is 0 Å². The highest BCUT2D eigenvalue weighted by molar-refractivity contribution is 5.87. The lowest BCUT2D eigenvalue weighted by molar-refractivity contribution is -0.124. The van der Waals surface area contributed by atoms with Crippen molar-refractivity contribution in [2.75, 3.05) is 18.9 Å². The van der Waals surface area contributed by atoms with E-state index in [-0.39, 0.29) is 11.8 Å². The maximum atomic E-state index is 12.8. The van der Waals surface area contributed by atoms with E-state index in [0.29, 0.717) is 18.3 Å². The molecule has 6 heteroatoms.